The number of ether oxygens (including phenoxy) is 1. The second-order valence-corrected chi connectivity index (χ2v) is 13.2. The van der Waals surface area contributed by atoms with E-state index in [4.69, 9.17) is 44.5 Å². The number of fused-ring (bicyclic) bond motifs is 1. The van der Waals surface area contributed by atoms with Crippen molar-refractivity contribution in [2.24, 2.45) is 11.3 Å². The lowest BCUT2D eigenvalue weighted by Gasteiger charge is -2.47. The van der Waals surface area contributed by atoms with E-state index < -0.39 is 0 Å². The highest BCUT2D eigenvalue weighted by molar-refractivity contribution is 6.35. The molecule has 2 aromatic rings. The molecule has 0 spiro atoms. The maximum atomic E-state index is 6.84. The molecule has 1 saturated carbocycles. The van der Waals surface area contributed by atoms with E-state index in [1.807, 2.05) is 13.1 Å². The third kappa shape index (κ3) is 5.74. The number of halogens is 3. The summed E-state index contributed by atoms with van der Waals surface area (Å²) in [5, 5.41) is 0.898. The molecule has 1 aliphatic carbocycles. The summed E-state index contributed by atoms with van der Waals surface area (Å²) in [4.78, 5) is 13.6. The molecule has 4 heterocycles. The van der Waals surface area contributed by atoms with Crippen LogP contribution in [0.15, 0.2) is 24.7 Å². The number of aromatic nitrogens is 2. The predicted octanol–water partition coefficient (Wildman–Crippen LogP) is 5.37. The minimum absolute atomic E-state index is 0.115. The van der Waals surface area contributed by atoms with Gasteiger partial charge in [0.25, 0.3) is 0 Å². The standard InChI is InChI=1S/C27H37Cl3N6O/c1-15(24-20(29)10-31-11-21(24)30)37-23-7-18-22(8-19(23)28)33-34-25(18)16-6-17(12-35(4)5)26(32-9-16)36-13-27(2,3)14-36/h6,9-11,15,18-19,22-23,25,33-34H,7-8,12-14H2,1-5H3/t15-,18?,19?,22?,23?,25?/m1/s1. The van der Waals surface area contributed by atoms with Crippen LogP contribution in [0.2, 0.25) is 10.0 Å². The number of anilines is 1. The summed E-state index contributed by atoms with van der Waals surface area (Å²) in [6.07, 6.45) is 6.45. The molecule has 10 heteroatoms. The zero-order chi connectivity index (χ0) is 26.5. The molecule has 2 saturated heterocycles. The van der Waals surface area contributed by atoms with Crippen LogP contribution in [0, 0.1) is 11.3 Å². The summed E-state index contributed by atoms with van der Waals surface area (Å²) in [5.74, 6) is 1.42. The smallest absolute Gasteiger partial charge is 0.133 e. The predicted molar refractivity (Wildman–Crippen MR) is 150 cm³/mol. The Hall–Kier alpha value is -1.19. The van der Waals surface area contributed by atoms with Gasteiger partial charge in [0.2, 0.25) is 0 Å². The molecule has 2 aromatic heterocycles. The van der Waals surface area contributed by atoms with Crippen molar-refractivity contribution in [2.45, 2.75) is 69.8 Å². The fourth-order valence-corrected chi connectivity index (χ4v) is 7.20. The van der Waals surface area contributed by atoms with E-state index >= 15 is 0 Å². The van der Waals surface area contributed by atoms with Crippen LogP contribution in [0.1, 0.15) is 62.4 Å². The zero-order valence-corrected chi connectivity index (χ0v) is 24.4. The van der Waals surface area contributed by atoms with Crippen molar-refractivity contribution in [2.75, 3.05) is 32.1 Å². The molecule has 7 nitrogen and oxygen atoms in total. The summed E-state index contributed by atoms with van der Waals surface area (Å²) >= 11 is 19.6. The van der Waals surface area contributed by atoms with Gasteiger partial charge in [-0.1, -0.05) is 37.0 Å². The highest BCUT2D eigenvalue weighted by atomic mass is 35.5. The molecule has 0 amide bonds. The van der Waals surface area contributed by atoms with Crippen LogP contribution in [0.5, 0.6) is 0 Å². The fraction of sp³-hybridized carbons (Fsp3) is 0.630. The zero-order valence-electron chi connectivity index (χ0n) is 22.1. The lowest BCUT2D eigenvalue weighted by atomic mass is 9.78. The Morgan fingerprint density at radius 1 is 1.14 bits per heavy atom. The van der Waals surface area contributed by atoms with E-state index in [-0.39, 0.29) is 29.7 Å². The molecule has 5 rings (SSSR count). The van der Waals surface area contributed by atoms with Gasteiger partial charge < -0.3 is 14.5 Å². The van der Waals surface area contributed by atoms with Gasteiger partial charge in [-0.3, -0.25) is 10.4 Å². The van der Waals surface area contributed by atoms with Gasteiger partial charge in [-0.15, -0.1) is 11.6 Å². The van der Waals surface area contributed by atoms with Crippen LogP contribution in [-0.4, -0.2) is 59.6 Å². The average Bonchev–Trinajstić information content (AvgIpc) is 3.19. The van der Waals surface area contributed by atoms with E-state index in [2.05, 4.69) is 59.6 Å². The lowest BCUT2D eigenvalue weighted by Crippen LogP contribution is -2.53. The Balaban J connectivity index is 1.34. The molecule has 0 radical (unpaired) electrons. The Labute approximate surface area is 235 Å². The Morgan fingerprint density at radius 2 is 1.84 bits per heavy atom. The molecular formula is C27H37Cl3N6O. The summed E-state index contributed by atoms with van der Waals surface area (Å²) in [7, 11) is 4.21. The van der Waals surface area contributed by atoms with E-state index in [1.54, 1.807) is 12.4 Å². The van der Waals surface area contributed by atoms with Crippen molar-refractivity contribution >= 4 is 40.6 Å². The van der Waals surface area contributed by atoms with Crippen molar-refractivity contribution in [3.05, 3.63) is 51.4 Å². The molecule has 5 unspecified atom stereocenters. The first kappa shape index (κ1) is 27.4. The van der Waals surface area contributed by atoms with Crippen LogP contribution in [0.25, 0.3) is 0 Å². The average molecular weight is 568 g/mol. The first-order valence-electron chi connectivity index (χ1n) is 13.0. The van der Waals surface area contributed by atoms with Gasteiger partial charge in [0.15, 0.2) is 0 Å². The summed E-state index contributed by atoms with van der Waals surface area (Å²) in [6.45, 7) is 9.50. The number of nitrogens with one attached hydrogen (secondary N) is 2. The van der Waals surface area contributed by atoms with Gasteiger partial charge in [-0.25, -0.2) is 10.4 Å². The Morgan fingerprint density at radius 3 is 2.49 bits per heavy atom. The number of rotatable bonds is 7. The van der Waals surface area contributed by atoms with Gasteiger partial charge in [-0.2, -0.15) is 0 Å². The molecule has 6 atom stereocenters. The van der Waals surface area contributed by atoms with Crippen molar-refractivity contribution in [3.8, 4) is 0 Å². The minimum atomic E-state index is -0.292. The van der Waals surface area contributed by atoms with Crippen LogP contribution in [-0.2, 0) is 11.3 Å². The van der Waals surface area contributed by atoms with Crippen molar-refractivity contribution in [1.82, 2.24) is 25.7 Å². The largest absolute Gasteiger partial charge is 0.369 e. The number of hydrazine groups is 1. The fourth-order valence-electron chi connectivity index (χ4n) is 6.17. The maximum Gasteiger partial charge on any atom is 0.133 e. The normalized spacial score (nSPS) is 29.8. The maximum absolute atomic E-state index is 6.84. The van der Waals surface area contributed by atoms with Crippen LogP contribution in [0.4, 0.5) is 5.82 Å². The SMILES string of the molecule is C[C@@H](OC1CC2C(CC1Cl)NNC2c1cnc(N2CC(C)(C)C2)c(CN(C)C)c1)c1c(Cl)cncc1Cl. The Bertz CT molecular complexity index is 1100. The first-order valence-corrected chi connectivity index (χ1v) is 14.2. The second-order valence-electron chi connectivity index (χ2n) is 11.9. The molecule has 3 fully saturated rings. The van der Waals surface area contributed by atoms with Gasteiger partial charge in [0.05, 0.1) is 33.7 Å². The van der Waals surface area contributed by atoms with Gasteiger partial charge in [0.1, 0.15) is 5.82 Å². The van der Waals surface area contributed by atoms with Crippen LogP contribution in [0.3, 0.4) is 0 Å². The Kier molecular flexibility index (Phi) is 7.96. The van der Waals surface area contributed by atoms with Crippen molar-refractivity contribution in [1.29, 1.82) is 0 Å². The lowest BCUT2D eigenvalue weighted by molar-refractivity contribution is -0.0343. The molecule has 0 bridgehead atoms. The summed E-state index contributed by atoms with van der Waals surface area (Å²) < 4.78 is 6.50. The van der Waals surface area contributed by atoms with E-state index in [1.165, 1.54) is 11.1 Å². The van der Waals surface area contributed by atoms with Crippen LogP contribution >= 0.6 is 34.8 Å². The van der Waals surface area contributed by atoms with Gasteiger partial charge >= 0.3 is 0 Å². The molecule has 0 aromatic carbocycles. The van der Waals surface area contributed by atoms with Gasteiger partial charge in [-0.05, 0) is 56.8 Å². The molecular weight excluding hydrogens is 531 g/mol. The van der Waals surface area contributed by atoms with Crippen molar-refractivity contribution < 1.29 is 4.74 Å². The highest BCUT2D eigenvalue weighted by Gasteiger charge is 2.46. The highest BCUT2D eigenvalue weighted by Crippen LogP contribution is 2.44. The van der Waals surface area contributed by atoms with Crippen molar-refractivity contribution in [3.63, 3.8) is 0 Å². The third-order valence-corrected chi connectivity index (χ3v) is 8.84. The molecule has 2 aliphatic heterocycles. The number of hydrogen-bond donors (Lipinski definition) is 2. The molecule has 3 aliphatic rings. The first-order chi connectivity index (χ1) is 17.5. The monoisotopic (exact) mass is 566 g/mol. The number of nitrogens with zero attached hydrogens (tertiary/aromatic N) is 4. The van der Waals surface area contributed by atoms with E-state index in [0.717, 1.165) is 43.9 Å². The second kappa shape index (κ2) is 10.8. The number of hydrogen-bond acceptors (Lipinski definition) is 7. The molecule has 202 valence electrons. The quantitative estimate of drug-likeness (QED) is 0.436. The number of alkyl halides is 1. The van der Waals surface area contributed by atoms with Gasteiger partial charge in [0, 0.05) is 55.4 Å². The van der Waals surface area contributed by atoms with Crippen LogP contribution < -0.4 is 15.8 Å². The van der Waals surface area contributed by atoms with E-state index in [0.29, 0.717) is 21.4 Å². The summed E-state index contributed by atoms with van der Waals surface area (Å²) in [6, 6.07) is 2.72. The third-order valence-electron chi connectivity index (χ3n) is 7.78. The topological polar surface area (TPSA) is 65.6 Å². The molecule has 2 N–H and O–H groups in total. The molecule has 37 heavy (non-hydrogen) atoms. The number of pyridine rings is 2. The minimum Gasteiger partial charge on any atom is -0.369 e. The van der Waals surface area contributed by atoms with E-state index in [9.17, 15) is 0 Å². The summed E-state index contributed by atoms with van der Waals surface area (Å²) in [5.41, 5.74) is 10.6.